The predicted molar refractivity (Wildman–Crippen MR) is 125 cm³/mol. The zero-order valence-corrected chi connectivity index (χ0v) is 18.9. The minimum absolute atomic E-state index is 0.0848. The molecule has 162 valence electrons. The first-order chi connectivity index (χ1) is 14.9. The summed E-state index contributed by atoms with van der Waals surface area (Å²) in [4.78, 5) is 13.0. The predicted octanol–water partition coefficient (Wildman–Crippen LogP) is 5.09. The van der Waals surface area contributed by atoms with Gasteiger partial charge in [-0.3, -0.25) is 9.10 Å². The van der Waals surface area contributed by atoms with Crippen molar-refractivity contribution in [1.29, 1.82) is 0 Å². The van der Waals surface area contributed by atoms with Crippen LogP contribution in [0, 0.1) is 6.92 Å². The van der Waals surface area contributed by atoms with E-state index in [2.05, 4.69) is 5.32 Å². The SMILES string of the molecule is CCC(NC(=O)c1ccc(N(CC)S(=O)(=O)c2ccccc2)cc1)c1ccc(C)cc1. The number of amides is 1. The van der Waals surface area contributed by atoms with E-state index in [1.807, 2.05) is 38.1 Å². The fraction of sp³-hybridized carbons (Fsp3) is 0.240. The number of carbonyl (C=O) groups excluding carboxylic acids is 1. The highest BCUT2D eigenvalue weighted by atomic mass is 32.2. The Morgan fingerprint density at radius 3 is 2.06 bits per heavy atom. The summed E-state index contributed by atoms with van der Waals surface area (Å²) in [6, 6.07) is 23.0. The van der Waals surface area contributed by atoms with Crippen LogP contribution in [0.5, 0.6) is 0 Å². The van der Waals surface area contributed by atoms with Crippen molar-refractivity contribution in [1.82, 2.24) is 5.32 Å². The summed E-state index contributed by atoms with van der Waals surface area (Å²) < 4.78 is 27.3. The number of hydrogen-bond acceptors (Lipinski definition) is 3. The van der Waals surface area contributed by atoms with Gasteiger partial charge in [0, 0.05) is 12.1 Å². The van der Waals surface area contributed by atoms with Crippen LogP contribution in [0.15, 0.2) is 83.8 Å². The second kappa shape index (κ2) is 9.79. The summed E-state index contributed by atoms with van der Waals surface area (Å²) in [6.45, 7) is 6.13. The van der Waals surface area contributed by atoms with Crippen LogP contribution in [0.4, 0.5) is 5.69 Å². The fourth-order valence-electron chi connectivity index (χ4n) is 3.45. The molecule has 1 atom stereocenters. The molecule has 0 aliphatic heterocycles. The Morgan fingerprint density at radius 1 is 0.903 bits per heavy atom. The number of anilines is 1. The molecule has 0 radical (unpaired) electrons. The molecule has 0 aliphatic carbocycles. The number of hydrogen-bond donors (Lipinski definition) is 1. The molecular formula is C25H28N2O3S. The minimum Gasteiger partial charge on any atom is -0.345 e. The lowest BCUT2D eigenvalue weighted by Gasteiger charge is -2.23. The molecule has 0 fully saturated rings. The third-order valence-corrected chi connectivity index (χ3v) is 7.15. The normalized spacial score (nSPS) is 12.2. The Morgan fingerprint density at radius 2 is 1.52 bits per heavy atom. The van der Waals surface area contributed by atoms with Gasteiger partial charge in [0.25, 0.3) is 15.9 Å². The number of rotatable bonds is 8. The Balaban J connectivity index is 1.78. The van der Waals surface area contributed by atoms with E-state index >= 15 is 0 Å². The zero-order valence-electron chi connectivity index (χ0n) is 18.1. The van der Waals surface area contributed by atoms with Gasteiger partial charge in [0.1, 0.15) is 0 Å². The second-order valence-corrected chi connectivity index (χ2v) is 9.24. The largest absolute Gasteiger partial charge is 0.345 e. The van der Waals surface area contributed by atoms with Gasteiger partial charge < -0.3 is 5.32 Å². The van der Waals surface area contributed by atoms with Gasteiger partial charge in [-0.15, -0.1) is 0 Å². The topological polar surface area (TPSA) is 66.5 Å². The molecule has 3 aromatic carbocycles. The molecule has 0 heterocycles. The standard InChI is InChI=1S/C25H28N2O3S/c1-4-24(20-13-11-19(3)12-14-20)26-25(28)21-15-17-22(18-16-21)27(5-2)31(29,30)23-9-7-6-8-10-23/h6-18,24H,4-5H2,1-3H3,(H,26,28). The highest BCUT2D eigenvalue weighted by molar-refractivity contribution is 7.92. The van der Waals surface area contributed by atoms with Crippen LogP contribution in [0.3, 0.4) is 0 Å². The number of benzene rings is 3. The highest BCUT2D eigenvalue weighted by Gasteiger charge is 2.23. The minimum atomic E-state index is -3.67. The van der Waals surface area contributed by atoms with Gasteiger partial charge in [0.15, 0.2) is 0 Å². The Kier molecular flexibility index (Phi) is 7.13. The van der Waals surface area contributed by atoms with Crippen LogP contribution in [0.2, 0.25) is 0 Å². The monoisotopic (exact) mass is 436 g/mol. The molecule has 3 aromatic rings. The highest BCUT2D eigenvalue weighted by Crippen LogP contribution is 2.24. The van der Waals surface area contributed by atoms with E-state index in [1.165, 1.54) is 9.87 Å². The number of carbonyl (C=O) groups is 1. The van der Waals surface area contributed by atoms with Gasteiger partial charge in [0.2, 0.25) is 0 Å². The average Bonchev–Trinajstić information content (AvgIpc) is 2.79. The third-order valence-electron chi connectivity index (χ3n) is 5.23. The van der Waals surface area contributed by atoms with Crippen molar-refractivity contribution in [2.75, 3.05) is 10.8 Å². The summed E-state index contributed by atoms with van der Waals surface area (Å²) >= 11 is 0. The summed E-state index contributed by atoms with van der Waals surface area (Å²) in [5.41, 5.74) is 3.24. The quantitative estimate of drug-likeness (QED) is 0.535. The van der Waals surface area contributed by atoms with Crippen molar-refractivity contribution in [3.05, 3.63) is 95.6 Å². The molecule has 31 heavy (non-hydrogen) atoms. The van der Waals surface area contributed by atoms with E-state index < -0.39 is 10.0 Å². The first kappa shape index (κ1) is 22.6. The molecule has 0 bridgehead atoms. The lowest BCUT2D eigenvalue weighted by molar-refractivity contribution is 0.0935. The zero-order chi connectivity index (χ0) is 22.4. The second-order valence-electron chi connectivity index (χ2n) is 7.37. The molecule has 1 amide bonds. The molecule has 5 nitrogen and oxygen atoms in total. The number of nitrogens with one attached hydrogen (secondary N) is 1. The fourth-order valence-corrected chi connectivity index (χ4v) is 4.95. The summed E-state index contributed by atoms with van der Waals surface area (Å²) in [7, 11) is -3.67. The Bertz CT molecular complexity index is 1110. The van der Waals surface area contributed by atoms with Crippen molar-refractivity contribution in [3.63, 3.8) is 0 Å². The number of sulfonamides is 1. The maximum Gasteiger partial charge on any atom is 0.264 e. The molecule has 6 heteroatoms. The van der Waals surface area contributed by atoms with Gasteiger partial charge in [-0.1, -0.05) is 55.0 Å². The van der Waals surface area contributed by atoms with Gasteiger partial charge >= 0.3 is 0 Å². The summed E-state index contributed by atoms with van der Waals surface area (Å²) in [6.07, 6.45) is 0.770. The molecule has 1 unspecified atom stereocenters. The number of nitrogens with zero attached hydrogens (tertiary/aromatic N) is 1. The molecule has 3 rings (SSSR count). The smallest absolute Gasteiger partial charge is 0.264 e. The van der Waals surface area contributed by atoms with Crippen molar-refractivity contribution >= 4 is 21.6 Å². The molecule has 0 spiro atoms. The van der Waals surface area contributed by atoms with Gasteiger partial charge in [-0.2, -0.15) is 0 Å². The van der Waals surface area contributed by atoms with E-state index in [1.54, 1.807) is 61.5 Å². The molecule has 1 N–H and O–H groups in total. The lowest BCUT2D eigenvalue weighted by atomic mass is 10.0. The Hall–Kier alpha value is -3.12. The molecule has 0 saturated heterocycles. The van der Waals surface area contributed by atoms with Crippen LogP contribution in [0.25, 0.3) is 0 Å². The summed E-state index contributed by atoms with van der Waals surface area (Å²) in [5.74, 6) is -0.187. The van der Waals surface area contributed by atoms with Crippen LogP contribution < -0.4 is 9.62 Å². The van der Waals surface area contributed by atoms with Gasteiger partial charge in [-0.05, 0) is 62.2 Å². The van der Waals surface area contributed by atoms with E-state index in [-0.39, 0.29) is 23.4 Å². The van der Waals surface area contributed by atoms with E-state index in [9.17, 15) is 13.2 Å². The average molecular weight is 437 g/mol. The van der Waals surface area contributed by atoms with E-state index in [4.69, 9.17) is 0 Å². The summed E-state index contributed by atoms with van der Waals surface area (Å²) in [5, 5.41) is 3.07. The molecular weight excluding hydrogens is 408 g/mol. The van der Waals surface area contributed by atoms with Crippen molar-refractivity contribution in [2.24, 2.45) is 0 Å². The molecule has 0 saturated carbocycles. The first-order valence-electron chi connectivity index (χ1n) is 10.4. The van der Waals surface area contributed by atoms with Crippen molar-refractivity contribution < 1.29 is 13.2 Å². The van der Waals surface area contributed by atoms with Crippen LogP contribution in [-0.2, 0) is 10.0 Å². The van der Waals surface area contributed by atoms with Gasteiger partial charge in [0.05, 0.1) is 16.6 Å². The lowest BCUT2D eigenvalue weighted by Crippen LogP contribution is -2.31. The third kappa shape index (κ3) is 5.14. The molecule has 0 aliphatic rings. The van der Waals surface area contributed by atoms with Crippen molar-refractivity contribution in [3.8, 4) is 0 Å². The van der Waals surface area contributed by atoms with Crippen LogP contribution in [-0.4, -0.2) is 20.9 Å². The van der Waals surface area contributed by atoms with Gasteiger partial charge in [-0.25, -0.2) is 8.42 Å². The van der Waals surface area contributed by atoms with E-state index in [0.29, 0.717) is 11.3 Å². The maximum absolute atomic E-state index is 13.0. The van der Waals surface area contributed by atoms with Crippen LogP contribution >= 0.6 is 0 Å². The number of aryl methyl sites for hydroxylation is 1. The maximum atomic E-state index is 13.0. The van der Waals surface area contributed by atoms with Crippen LogP contribution in [0.1, 0.15) is 47.8 Å². The molecule has 0 aromatic heterocycles. The van der Waals surface area contributed by atoms with Crippen molar-refractivity contribution in [2.45, 2.75) is 38.1 Å². The van der Waals surface area contributed by atoms with E-state index in [0.717, 1.165) is 12.0 Å². The Labute approximate surface area is 184 Å². The first-order valence-corrected chi connectivity index (χ1v) is 11.9.